The Morgan fingerprint density at radius 3 is 2.78 bits per heavy atom. The molecule has 0 unspecified atom stereocenters. The van der Waals surface area contributed by atoms with E-state index in [0.717, 1.165) is 13.1 Å². The first-order valence-electron chi connectivity index (χ1n) is 6.39. The predicted octanol–water partition coefficient (Wildman–Crippen LogP) is 0.678. The van der Waals surface area contributed by atoms with Gasteiger partial charge in [0, 0.05) is 26.2 Å². The van der Waals surface area contributed by atoms with E-state index in [1.807, 2.05) is 0 Å². The van der Waals surface area contributed by atoms with E-state index < -0.39 is 0 Å². The van der Waals surface area contributed by atoms with Gasteiger partial charge in [-0.1, -0.05) is 29.8 Å². The molecule has 2 rings (SSSR count). The average molecular weight is 248 g/mol. The van der Waals surface area contributed by atoms with Crippen LogP contribution in [0.5, 0.6) is 0 Å². The molecule has 4 nitrogen and oxygen atoms in total. The van der Waals surface area contributed by atoms with E-state index in [-0.39, 0.29) is 18.6 Å². The lowest BCUT2D eigenvalue weighted by atomic mass is 10.1. The predicted molar refractivity (Wildman–Crippen MR) is 70.1 cm³/mol. The van der Waals surface area contributed by atoms with Crippen LogP contribution in [0.25, 0.3) is 0 Å². The molecule has 98 valence electrons. The number of aryl methyl sites for hydroxylation is 1. The van der Waals surface area contributed by atoms with Crippen LogP contribution < -0.4 is 5.32 Å². The summed E-state index contributed by atoms with van der Waals surface area (Å²) >= 11 is 0. The summed E-state index contributed by atoms with van der Waals surface area (Å²) < 4.78 is 0. The van der Waals surface area contributed by atoms with Gasteiger partial charge in [-0.2, -0.15) is 0 Å². The number of aliphatic hydroxyl groups excluding tert-OH is 1. The van der Waals surface area contributed by atoms with Crippen LogP contribution in [-0.4, -0.2) is 41.7 Å². The standard InChI is InChI=1S/C14H20N2O2/c1-11-2-4-12(5-3-11)10-16-8-7-15-14(18)13(16)6-9-17/h2-5,13,17H,6-10H2,1H3,(H,15,18)/t13-/m0/s1. The summed E-state index contributed by atoms with van der Waals surface area (Å²) in [4.78, 5) is 13.9. The normalized spacial score (nSPS) is 20.8. The van der Waals surface area contributed by atoms with E-state index in [4.69, 9.17) is 5.11 Å². The van der Waals surface area contributed by atoms with Gasteiger partial charge in [0.05, 0.1) is 6.04 Å². The molecule has 4 heteroatoms. The number of hydrogen-bond donors (Lipinski definition) is 2. The zero-order valence-electron chi connectivity index (χ0n) is 10.7. The monoisotopic (exact) mass is 248 g/mol. The summed E-state index contributed by atoms with van der Waals surface area (Å²) in [6, 6.07) is 8.15. The summed E-state index contributed by atoms with van der Waals surface area (Å²) in [6.45, 7) is 4.39. The van der Waals surface area contributed by atoms with Crippen LogP contribution in [-0.2, 0) is 11.3 Å². The lowest BCUT2D eigenvalue weighted by Crippen LogP contribution is -2.55. The van der Waals surface area contributed by atoms with Gasteiger partial charge < -0.3 is 10.4 Å². The minimum Gasteiger partial charge on any atom is -0.396 e. The molecule has 0 aromatic heterocycles. The van der Waals surface area contributed by atoms with Gasteiger partial charge in [-0.25, -0.2) is 0 Å². The van der Waals surface area contributed by atoms with E-state index in [1.165, 1.54) is 11.1 Å². The molecule has 2 N–H and O–H groups in total. The first kappa shape index (κ1) is 13.1. The number of benzene rings is 1. The van der Waals surface area contributed by atoms with Gasteiger partial charge in [0.1, 0.15) is 0 Å². The topological polar surface area (TPSA) is 52.6 Å². The molecule has 18 heavy (non-hydrogen) atoms. The average Bonchev–Trinajstić information content (AvgIpc) is 2.36. The van der Waals surface area contributed by atoms with Gasteiger partial charge in [0.15, 0.2) is 0 Å². The molecule has 1 amide bonds. The minimum absolute atomic E-state index is 0.0300. The maximum Gasteiger partial charge on any atom is 0.237 e. The number of rotatable bonds is 4. The van der Waals surface area contributed by atoms with Crippen molar-refractivity contribution in [2.45, 2.75) is 25.9 Å². The summed E-state index contributed by atoms with van der Waals surface area (Å²) in [5, 5.41) is 11.9. The first-order chi connectivity index (χ1) is 8.70. The largest absolute Gasteiger partial charge is 0.396 e. The zero-order chi connectivity index (χ0) is 13.0. The Morgan fingerprint density at radius 1 is 1.39 bits per heavy atom. The van der Waals surface area contributed by atoms with Crippen molar-refractivity contribution in [2.24, 2.45) is 0 Å². The number of hydrogen-bond acceptors (Lipinski definition) is 3. The van der Waals surface area contributed by atoms with Crippen LogP contribution in [0.1, 0.15) is 17.5 Å². The Morgan fingerprint density at radius 2 is 2.11 bits per heavy atom. The number of aliphatic hydroxyl groups is 1. The van der Waals surface area contributed by atoms with Crippen molar-refractivity contribution >= 4 is 5.91 Å². The SMILES string of the molecule is Cc1ccc(CN2CCNC(=O)[C@@H]2CCO)cc1. The van der Waals surface area contributed by atoms with Crippen molar-refractivity contribution in [1.29, 1.82) is 0 Å². The summed E-state index contributed by atoms with van der Waals surface area (Å²) in [5.74, 6) is 0.0300. The number of nitrogens with zero attached hydrogens (tertiary/aromatic N) is 1. The molecule has 0 saturated carbocycles. The Hall–Kier alpha value is -1.39. The number of piperazine rings is 1. The van der Waals surface area contributed by atoms with Gasteiger partial charge >= 0.3 is 0 Å². The molecule has 1 atom stereocenters. The van der Waals surface area contributed by atoms with Crippen LogP contribution in [0.2, 0.25) is 0 Å². The number of nitrogens with one attached hydrogen (secondary N) is 1. The van der Waals surface area contributed by atoms with Crippen molar-refractivity contribution < 1.29 is 9.90 Å². The van der Waals surface area contributed by atoms with Gasteiger partial charge in [0.25, 0.3) is 0 Å². The highest BCUT2D eigenvalue weighted by Crippen LogP contribution is 2.14. The lowest BCUT2D eigenvalue weighted by Gasteiger charge is -2.34. The molecule has 1 aliphatic heterocycles. The fourth-order valence-corrected chi connectivity index (χ4v) is 2.32. The molecule has 1 aromatic carbocycles. The fourth-order valence-electron chi connectivity index (χ4n) is 2.32. The highest BCUT2D eigenvalue weighted by molar-refractivity contribution is 5.82. The molecule has 0 spiro atoms. The van der Waals surface area contributed by atoms with Gasteiger partial charge in [-0.05, 0) is 18.9 Å². The second kappa shape index (κ2) is 5.98. The smallest absolute Gasteiger partial charge is 0.237 e. The van der Waals surface area contributed by atoms with Crippen LogP contribution in [0.15, 0.2) is 24.3 Å². The second-order valence-corrected chi connectivity index (χ2v) is 4.78. The Labute approximate surface area is 108 Å². The molecule has 1 aromatic rings. The summed E-state index contributed by atoms with van der Waals surface area (Å²) in [7, 11) is 0. The fraction of sp³-hybridized carbons (Fsp3) is 0.500. The van der Waals surface area contributed by atoms with Gasteiger partial charge in [0.2, 0.25) is 5.91 Å². The van der Waals surface area contributed by atoms with Gasteiger partial charge in [-0.3, -0.25) is 9.69 Å². The molecule has 0 bridgehead atoms. The lowest BCUT2D eigenvalue weighted by molar-refractivity contribution is -0.129. The molecular weight excluding hydrogens is 228 g/mol. The summed E-state index contributed by atoms with van der Waals surface area (Å²) in [6.07, 6.45) is 0.498. The van der Waals surface area contributed by atoms with Crippen molar-refractivity contribution in [2.75, 3.05) is 19.7 Å². The molecule has 1 fully saturated rings. The van der Waals surface area contributed by atoms with Crippen LogP contribution in [0, 0.1) is 6.92 Å². The Kier molecular flexibility index (Phi) is 4.33. The van der Waals surface area contributed by atoms with E-state index in [1.54, 1.807) is 0 Å². The van der Waals surface area contributed by atoms with Crippen molar-refractivity contribution in [3.05, 3.63) is 35.4 Å². The third-order valence-electron chi connectivity index (χ3n) is 3.35. The van der Waals surface area contributed by atoms with Crippen molar-refractivity contribution in [3.63, 3.8) is 0 Å². The Bertz CT molecular complexity index is 403. The van der Waals surface area contributed by atoms with E-state index in [9.17, 15) is 4.79 Å². The van der Waals surface area contributed by atoms with E-state index in [2.05, 4.69) is 41.4 Å². The number of carbonyl (C=O) groups is 1. The molecule has 0 radical (unpaired) electrons. The molecular formula is C14H20N2O2. The number of carbonyl (C=O) groups excluding carboxylic acids is 1. The minimum atomic E-state index is -0.204. The maximum absolute atomic E-state index is 11.8. The first-order valence-corrected chi connectivity index (χ1v) is 6.39. The quantitative estimate of drug-likeness (QED) is 0.824. The third-order valence-corrected chi connectivity index (χ3v) is 3.35. The molecule has 1 heterocycles. The zero-order valence-corrected chi connectivity index (χ0v) is 10.7. The van der Waals surface area contributed by atoms with Gasteiger partial charge in [-0.15, -0.1) is 0 Å². The Balaban J connectivity index is 2.05. The van der Waals surface area contributed by atoms with E-state index >= 15 is 0 Å². The van der Waals surface area contributed by atoms with Crippen molar-refractivity contribution in [1.82, 2.24) is 10.2 Å². The third kappa shape index (κ3) is 3.09. The van der Waals surface area contributed by atoms with Crippen LogP contribution in [0.4, 0.5) is 0 Å². The van der Waals surface area contributed by atoms with Crippen LogP contribution >= 0.6 is 0 Å². The highest BCUT2D eigenvalue weighted by Gasteiger charge is 2.28. The molecule has 1 saturated heterocycles. The highest BCUT2D eigenvalue weighted by atomic mass is 16.3. The van der Waals surface area contributed by atoms with Crippen molar-refractivity contribution in [3.8, 4) is 0 Å². The second-order valence-electron chi connectivity index (χ2n) is 4.78. The number of amides is 1. The molecule has 0 aliphatic carbocycles. The summed E-state index contributed by atoms with van der Waals surface area (Å²) in [5.41, 5.74) is 2.44. The maximum atomic E-state index is 11.8. The van der Waals surface area contributed by atoms with E-state index in [0.29, 0.717) is 13.0 Å². The van der Waals surface area contributed by atoms with Crippen LogP contribution in [0.3, 0.4) is 0 Å². The molecule has 1 aliphatic rings.